The molecule has 0 radical (unpaired) electrons. The number of rotatable bonds is 4. The van der Waals surface area contributed by atoms with E-state index in [4.69, 9.17) is 11.6 Å². The first-order valence-corrected chi connectivity index (χ1v) is 6.59. The maximum Gasteiger partial charge on any atom is 0.0872 e. The number of aliphatic hydroxyl groups is 1. The van der Waals surface area contributed by atoms with Crippen molar-refractivity contribution >= 4 is 11.6 Å². The molecule has 2 heteroatoms. The van der Waals surface area contributed by atoms with Crippen molar-refractivity contribution in [2.24, 2.45) is 0 Å². The molecule has 0 heterocycles. The molecular weight excluding hydrogens is 244 g/mol. The third-order valence-corrected chi connectivity index (χ3v) is 3.62. The van der Waals surface area contributed by atoms with Gasteiger partial charge in [-0.05, 0) is 23.6 Å². The minimum Gasteiger partial charge on any atom is -0.388 e. The molecule has 2 unspecified atom stereocenters. The van der Waals surface area contributed by atoms with E-state index in [2.05, 4.69) is 6.92 Å². The second kappa shape index (κ2) is 6.03. The average Bonchev–Trinajstić information content (AvgIpc) is 2.41. The Morgan fingerprint density at radius 1 is 1.00 bits per heavy atom. The maximum absolute atomic E-state index is 10.5. The van der Waals surface area contributed by atoms with Crippen molar-refractivity contribution in [3.8, 4) is 0 Å². The highest BCUT2D eigenvalue weighted by atomic mass is 35.5. The van der Waals surface area contributed by atoms with Crippen molar-refractivity contribution in [2.75, 3.05) is 0 Å². The predicted octanol–water partition coefficient (Wildman–Crippen LogP) is 4.57. The molecule has 2 rings (SSSR count). The lowest BCUT2D eigenvalue weighted by molar-refractivity contribution is 0.142. The molecule has 18 heavy (non-hydrogen) atoms. The van der Waals surface area contributed by atoms with E-state index in [1.54, 1.807) is 0 Å². The van der Waals surface area contributed by atoms with Crippen LogP contribution in [-0.2, 0) is 0 Å². The maximum atomic E-state index is 10.5. The number of halogens is 1. The SMILES string of the molecule is CCC(c1ccccc1)C(O)c1ccccc1Cl. The molecule has 2 atom stereocenters. The number of hydrogen-bond acceptors (Lipinski definition) is 1. The van der Waals surface area contributed by atoms with E-state index in [0.717, 1.165) is 17.5 Å². The molecule has 0 saturated carbocycles. The second-order valence-electron chi connectivity index (χ2n) is 4.39. The Hall–Kier alpha value is -1.31. The zero-order chi connectivity index (χ0) is 13.0. The lowest BCUT2D eigenvalue weighted by atomic mass is 9.87. The smallest absolute Gasteiger partial charge is 0.0872 e. The Balaban J connectivity index is 2.32. The topological polar surface area (TPSA) is 20.2 Å². The second-order valence-corrected chi connectivity index (χ2v) is 4.80. The first kappa shape index (κ1) is 13.1. The Kier molecular flexibility index (Phi) is 4.40. The van der Waals surface area contributed by atoms with Gasteiger partial charge in [-0.25, -0.2) is 0 Å². The summed E-state index contributed by atoms with van der Waals surface area (Å²) in [6.45, 7) is 2.08. The standard InChI is InChI=1S/C16H17ClO/c1-2-13(12-8-4-3-5-9-12)16(18)14-10-6-7-11-15(14)17/h3-11,13,16,18H,2H2,1H3. The zero-order valence-corrected chi connectivity index (χ0v) is 11.1. The lowest BCUT2D eigenvalue weighted by Gasteiger charge is -2.23. The monoisotopic (exact) mass is 260 g/mol. The van der Waals surface area contributed by atoms with Crippen molar-refractivity contribution < 1.29 is 5.11 Å². The van der Waals surface area contributed by atoms with Crippen molar-refractivity contribution in [3.05, 3.63) is 70.7 Å². The minimum atomic E-state index is -0.564. The Morgan fingerprint density at radius 3 is 2.22 bits per heavy atom. The molecule has 0 fully saturated rings. The summed E-state index contributed by atoms with van der Waals surface area (Å²) in [5.74, 6) is 0.0751. The van der Waals surface area contributed by atoms with Gasteiger partial charge in [-0.3, -0.25) is 0 Å². The fraction of sp³-hybridized carbons (Fsp3) is 0.250. The summed E-state index contributed by atoms with van der Waals surface area (Å²) in [7, 11) is 0. The van der Waals surface area contributed by atoms with Crippen LogP contribution in [0.25, 0.3) is 0 Å². The molecule has 1 nitrogen and oxygen atoms in total. The van der Waals surface area contributed by atoms with E-state index < -0.39 is 6.10 Å². The molecule has 0 aromatic heterocycles. The van der Waals surface area contributed by atoms with Crippen LogP contribution in [0.2, 0.25) is 5.02 Å². The van der Waals surface area contributed by atoms with E-state index in [9.17, 15) is 5.11 Å². The minimum absolute atomic E-state index is 0.0751. The van der Waals surface area contributed by atoms with E-state index in [0.29, 0.717) is 5.02 Å². The van der Waals surface area contributed by atoms with E-state index in [1.165, 1.54) is 0 Å². The van der Waals surface area contributed by atoms with Crippen molar-refractivity contribution in [1.29, 1.82) is 0 Å². The molecule has 1 N–H and O–H groups in total. The van der Waals surface area contributed by atoms with E-state index in [1.807, 2.05) is 54.6 Å². The van der Waals surface area contributed by atoms with E-state index in [-0.39, 0.29) is 5.92 Å². The van der Waals surface area contributed by atoms with E-state index >= 15 is 0 Å². The lowest BCUT2D eigenvalue weighted by Crippen LogP contribution is -2.10. The van der Waals surface area contributed by atoms with Gasteiger partial charge in [-0.1, -0.05) is 67.1 Å². The summed E-state index contributed by atoms with van der Waals surface area (Å²) in [6.07, 6.45) is 0.308. The quantitative estimate of drug-likeness (QED) is 0.854. The average molecular weight is 261 g/mol. The highest BCUT2D eigenvalue weighted by Crippen LogP contribution is 2.36. The predicted molar refractivity (Wildman–Crippen MR) is 75.9 cm³/mol. The third-order valence-electron chi connectivity index (χ3n) is 3.27. The number of hydrogen-bond donors (Lipinski definition) is 1. The Morgan fingerprint density at radius 2 is 1.61 bits per heavy atom. The van der Waals surface area contributed by atoms with Gasteiger partial charge in [0.25, 0.3) is 0 Å². The summed E-state index contributed by atoms with van der Waals surface area (Å²) < 4.78 is 0. The van der Waals surface area contributed by atoms with Gasteiger partial charge in [-0.15, -0.1) is 0 Å². The molecule has 2 aromatic carbocycles. The molecule has 0 amide bonds. The third kappa shape index (κ3) is 2.74. The van der Waals surface area contributed by atoms with Crippen LogP contribution in [0, 0.1) is 0 Å². The van der Waals surface area contributed by atoms with Gasteiger partial charge in [0.05, 0.1) is 6.10 Å². The molecule has 2 aromatic rings. The number of benzene rings is 2. The number of aliphatic hydroxyl groups excluding tert-OH is 1. The van der Waals surface area contributed by atoms with Crippen LogP contribution >= 0.6 is 11.6 Å². The first-order valence-electron chi connectivity index (χ1n) is 6.21. The molecule has 94 valence electrons. The van der Waals surface area contributed by atoms with Gasteiger partial charge in [0.15, 0.2) is 0 Å². The van der Waals surface area contributed by atoms with Crippen LogP contribution in [0.1, 0.15) is 36.5 Å². The highest BCUT2D eigenvalue weighted by molar-refractivity contribution is 6.31. The highest BCUT2D eigenvalue weighted by Gasteiger charge is 2.22. The van der Waals surface area contributed by atoms with Crippen LogP contribution in [0.3, 0.4) is 0 Å². The summed E-state index contributed by atoms with van der Waals surface area (Å²) in [4.78, 5) is 0. The van der Waals surface area contributed by atoms with Gasteiger partial charge in [0.1, 0.15) is 0 Å². The Bertz CT molecular complexity index is 495. The largest absolute Gasteiger partial charge is 0.388 e. The molecular formula is C16H17ClO. The van der Waals surface area contributed by atoms with Crippen LogP contribution < -0.4 is 0 Å². The molecule has 0 spiro atoms. The van der Waals surface area contributed by atoms with Gasteiger partial charge in [0.2, 0.25) is 0 Å². The normalized spacial score (nSPS) is 14.2. The molecule has 0 aliphatic carbocycles. The summed E-state index contributed by atoms with van der Waals surface area (Å²) >= 11 is 6.15. The van der Waals surface area contributed by atoms with Crippen molar-refractivity contribution in [2.45, 2.75) is 25.4 Å². The molecule has 0 saturated heterocycles. The van der Waals surface area contributed by atoms with Crippen LogP contribution in [0.4, 0.5) is 0 Å². The van der Waals surface area contributed by atoms with Gasteiger partial charge < -0.3 is 5.11 Å². The van der Waals surface area contributed by atoms with Gasteiger partial charge in [-0.2, -0.15) is 0 Å². The summed E-state index contributed by atoms with van der Waals surface area (Å²) in [5, 5.41) is 11.2. The fourth-order valence-corrected chi connectivity index (χ4v) is 2.52. The van der Waals surface area contributed by atoms with Crippen LogP contribution in [0.15, 0.2) is 54.6 Å². The summed E-state index contributed by atoms with van der Waals surface area (Å²) in [6, 6.07) is 17.6. The molecule has 0 aliphatic heterocycles. The van der Waals surface area contributed by atoms with Gasteiger partial charge >= 0.3 is 0 Å². The van der Waals surface area contributed by atoms with Crippen molar-refractivity contribution in [3.63, 3.8) is 0 Å². The zero-order valence-electron chi connectivity index (χ0n) is 10.4. The fourth-order valence-electron chi connectivity index (χ4n) is 2.27. The molecule has 0 aliphatic rings. The Labute approximate surface area is 113 Å². The summed E-state index contributed by atoms with van der Waals surface area (Å²) in [5.41, 5.74) is 1.95. The molecule has 0 bridgehead atoms. The van der Waals surface area contributed by atoms with Gasteiger partial charge in [0, 0.05) is 10.9 Å². The first-order chi connectivity index (χ1) is 8.74. The van der Waals surface area contributed by atoms with Crippen LogP contribution in [0.5, 0.6) is 0 Å². The van der Waals surface area contributed by atoms with Crippen molar-refractivity contribution in [1.82, 2.24) is 0 Å². The van der Waals surface area contributed by atoms with Crippen LogP contribution in [-0.4, -0.2) is 5.11 Å².